The largest absolute Gasteiger partial charge is 0.398 e. The van der Waals surface area contributed by atoms with Gasteiger partial charge in [0.15, 0.2) is 0 Å². The Kier molecular flexibility index (Phi) is 5.59. The van der Waals surface area contributed by atoms with Crippen molar-refractivity contribution in [3.05, 3.63) is 0 Å². The molecule has 1 heterocycles. The highest BCUT2D eigenvalue weighted by molar-refractivity contribution is 6.65. The second-order valence-electron chi connectivity index (χ2n) is 5.31. The molecule has 102 valence electrons. The number of ether oxygens (including phenoxy) is 2. The van der Waals surface area contributed by atoms with Crippen molar-refractivity contribution >= 4 is 8.56 Å². The van der Waals surface area contributed by atoms with E-state index in [9.17, 15) is 0 Å². The van der Waals surface area contributed by atoms with Gasteiger partial charge in [0.1, 0.15) is 0 Å². The minimum Gasteiger partial charge on any atom is -0.398 e. The third-order valence-corrected chi connectivity index (χ3v) is 6.88. The van der Waals surface area contributed by atoms with Gasteiger partial charge in [-0.15, -0.1) is 0 Å². The van der Waals surface area contributed by atoms with Gasteiger partial charge >= 0.3 is 8.56 Å². The fourth-order valence-electron chi connectivity index (χ4n) is 2.26. The highest BCUT2D eigenvalue weighted by Gasteiger charge is 2.41. The first-order valence-corrected chi connectivity index (χ1v) is 8.73. The van der Waals surface area contributed by atoms with E-state index in [1.165, 1.54) is 0 Å². The number of hydrogen-bond donors (Lipinski definition) is 0. The van der Waals surface area contributed by atoms with Crippen LogP contribution < -0.4 is 0 Å². The van der Waals surface area contributed by atoms with Crippen LogP contribution in [-0.4, -0.2) is 49.2 Å². The van der Waals surface area contributed by atoms with Gasteiger partial charge in [-0.2, -0.15) is 0 Å². The van der Waals surface area contributed by atoms with Crippen molar-refractivity contribution in [1.29, 1.82) is 0 Å². The van der Waals surface area contributed by atoms with Gasteiger partial charge in [0.05, 0.1) is 19.3 Å². The molecule has 1 unspecified atom stereocenters. The Balaban J connectivity index is 2.33. The molecule has 0 spiro atoms. The lowest BCUT2D eigenvalue weighted by Gasteiger charge is -2.43. The zero-order valence-electron chi connectivity index (χ0n) is 11.7. The maximum Gasteiger partial charge on any atom is 0.334 e. The molecule has 0 aromatic carbocycles. The van der Waals surface area contributed by atoms with Gasteiger partial charge in [0, 0.05) is 26.7 Å². The Morgan fingerprint density at radius 3 is 2.18 bits per heavy atom. The number of hydrogen-bond acceptors (Lipinski definition) is 4. The van der Waals surface area contributed by atoms with Gasteiger partial charge < -0.3 is 18.3 Å². The van der Waals surface area contributed by atoms with Crippen molar-refractivity contribution in [2.45, 2.75) is 38.5 Å². The van der Waals surface area contributed by atoms with Crippen molar-refractivity contribution in [2.75, 3.05) is 34.5 Å². The van der Waals surface area contributed by atoms with Crippen LogP contribution in [0, 0.1) is 5.41 Å². The number of methoxy groups -OCH3 is 1. The van der Waals surface area contributed by atoms with E-state index in [0.717, 1.165) is 32.1 Å². The molecule has 17 heavy (non-hydrogen) atoms. The average molecular weight is 262 g/mol. The molecule has 1 rings (SSSR count). The minimum atomic E-state index is -1.92. The molecule has 1 aliphatic rings. The molecule has 0 aromatic heterocycles. The van der Waals surface area contributed by atoms with Gasteiger partial charge in [-0.05, 0) is 25.4 Å². The minimum absolute atomic E-state index is 0.201. The molecule has 0 bridgehead atoms. The highest BCUT2D eigenvalue weighted by atomic mass is 28.4. The molecule has 0 N–H and O–H groups in total. The Morgan fingerprint density at radius 1 is 1.24 bits per heavy atom. The molecular weight excluding hydrogens is 236 g/mol. The highest BCUT2D eigenvalue weighted by Crippen LogP contribution is 2.35. The maximum atomic E-state index is 5.59. The van der Waals surface area contributed by atoms with Gasteiger partial charge in [0.2, 0.25) is 0 Å². The van der Waals surface area contributed by atoms with E-state index in [-0.39, 0.29) is 11.5 Å². The van der Waals surface area contributed by atoms with Crippen molar-refractivity contribution in [3.63, 3.8) is 0 Å². The van der Waals surface area contributed by atoms with E-state index in [1.807, 2.05) is 0 Å². The van der Waals surface area contributed by atoms with Gasteiger partial charge in [-0.3, -0.25) is 0 Å². The first-order chi connectivity index (χ1) is 7.99. The third-order valence-electron chi connectivity index (χ3n) is 3.89. The van der Waals surface area contributed by atoms with Crippen LogP contribution in [0.5, 0.6) is 0 Å². The van der Waals surface area contributed by atoms with Crippen LogP contribution in [0.25, 0.3) is 0 Å². The van der Waals surface area contributed by atoms with Crippen LogP contribution in [0.15, 0.2) is 0 Å². The lowest BCUT2D eigenvalue weighted by atomic mass is 9.80. The zero-order chi connectivity index (χ0) is 12.9. The van der Waals surface area contributed by atoms with Crippen LogP contribution >= 0.6 is 0 Å². The summed E-state index contributed by atoms with van der Waals surface area (Å²) in [7, 11) is 3.36. The maximum absolute atomic E-state index is 5.59. The monoisotopic (exact) mass is 262 g/mol. The van der Waals surface area contributed by atoms with Crippen LogP contribution in [0.1, 0.15) is 19.8 Å². The SMILES string of the molecule is COC(CCC[Si](C)(OC)OC)C1(C)COC1. The van der Waals surface area contributed by atoms with Crippen molar-refractivity contribution in [2.24, 2.45) is 5.41 Å². The van der Waals surface area contributed by atoms with E-state index < -0.39 is 8.56 Å². The van der Waals surface area contributed by atoms with Crippen molar-refractivity contribution < 1.29 is 18.3 Å². The Hall–Kier alpha value is 0.0569. The predicted octanol–water partition coefficient (Wildman–Crippen LogP) is 2.18. The second kappa shape index (κ2) is 6.29. The van der Waals surface area contributed by atoms with Gasteiger partial charge in [-0.25, -0.2) is 0 Å². The van der Waals surface area contributed by atoms with E-state index >= 15 is 0 Å². The van der Waals surface area contributed by atoms with E-state index in [1.54, 1.807) is 21.3 Å². The van der Waals surface area contributed by atoms with Gasteiger partial charge in [0.25, 0.3) is 0 Å². The summed E-state index contributed by atoms with van der Waals surface area (Å²) in [6.07, 6.45) is 2.41. The molecule has 0 amide bonds. The molecule has 1 saturated heterocycles. The molecule has 0 aromatic rings. The Labute approximate surface area is 106 Å². The number of rotatable bonds is 8. The molecular formula is C12H26O4Si. The smallest absolute Gasteiger partial charge is 0.334 e. The van der Waals surface area contributed by atoms with Crippen molar-refractivity contribution in [3.8, 4) is 0 Å². The van der Waals surface area contributed by atoms with Crippen LogP contribution in [0.4, 0.5) is 0 Å². The summed E-state index contributed by atoms with van der Waals surface area (Å²) in [4.78, 5) is 0. The molecule has 1 aliphatic heterocycles. The lowest BCUT2D eigenvalue weighted by molar-refractivity contribution is -0.171. The van der Waals surface area contributed by atoms with E-state index in [0.29, 0.717) is 0 Å². The second-order valence-corrected chi connectivity index (χ2v) is 8.89. The molecule has 0 saturated carbocycles. The normalized spacial score (nSPS) is 21.0. The first kappa shape index (κ1) is 15.1. The molecule has 5 heteroatoms. The Bertz CT molecular complexity index is 227. The fourth-order valence-corrected chi connectivity index (χ4v) is 3.68. The summed E-state index contributed by atoms with van der Waals surface area (Å²) >= 11 is 0. The summed E-state index contributed by atoms with van der Waals surface area (Å²) in [5.41, 5.74) is 0.201. The summed E-state index contributed by atoms with van der Waals surface area (Å²) in [5, 5.41) is 0. The molecule has 0 aliphatic carbocycles. The third kappa shape index (κ3) is 3.76. The Morgan fingerprint density at radius 2 is 1.82 bits per heavy atom. The molecule has 1 atom stereocenters. The van der Waals surface area contributed by atoms with Crippen LogP contribution in [0.2, 0.25) is 12.6 Å². The standard InChI is InChI=1S/C12H26O4Si/c1-12(9-16-10-12)11(13-2)7-6-8-17(5,14-3)15-4/h11H,6-10H2,1-5H3. The van der Waals surface area contributed by atoms with Crippen molar-refractivity contribution in [1.82, 2.24) is 0 Å². The molecule has 0 radical (unpaired) electrons. The predicted molar refractivity (Wildman–Crippen MR) is 69.4 cm³/mol. The first-order valence-electron chi connectivity index (χ1n) is 6.20. The van der Waals surface area contributed by atoms with E-state index in [4.69, 9.17) is 18.3 Å². The summed E-state index contributed by atoms with van der Waals surface area (Å²) in [6.45, 7) is 5.96. The summed E-state index contributed by atoms with van der Waals surface area (Å²) in [5.74, 6) is 0. The lowest BCUT2D eigenvalue weighted by Crippen LogP contribution is -2.50. The topological polar surface area (TPSA) is 36.9 Å². The zero-order valence-corrected chi connectivity index (χ0v) is 12.7. The summed E-state index contributed by atoms with van der Waals surface area (Å²) in [6, 6.07) is 1.01. The quantitative estimate of drug-likeness (QED) is 0.628. The molecule has 4 nitrogen and oxygen atoms in total. The molecule has 1 fully saturated rings. The van der Waals surface area contributed by atoms with Crippen LogP contribution in [0.3, 0.4) is 0 Å². The average Bonchev–Trinajstić information content (AvgIpc) is 2.31. The fraction of sp³-hybridized carbons (Fsp3) is 1.00. The van der Waals surface area contributed by atoms with E-state index in [2.05, 4.69) is 13.5 Å². The van der Waals surface area contributed by atoms with Gasteiger partial charge in [-0.1, -0.05) is 6.92 Å². The summed E-state index contributed by atoms with van der Waals surface area (Å²) < 4.78 is 21.8. The van der Waals surface area contributed by atoms with Crippen LogP contribution in [-0.2, 0) is 18.3 Å².